The predicted octanol–water partition coefficient (Wildman–Crippen LogP) is 4.07. The molecule has 1 amide bonds. The highest BCUT2D eigenvalue weighted by molar-refractivity contribution is 5.96. The fourth-order valence-corrected chi connectivity index (χ4v) is 3.93. The lowest BCUT2D eigenvalue weighted by molar-refractivity contribution is -0.141. The number of carbonyl (C=O) groups is 3. The van der Waals surface area contributed by atoms with Gasteiger partial charge in [0.15, 0.2) is 0 Å². The van der Waals surface area contributed by atoms with E-state index < -0.39 is 17.9 Å². The Labute approximate surface area is 204 Å². The summed E-state index contributed by atoms with van der Waals surface area (Å²) in [4.78, 5) is 39.8. The highest BCUT2D eigenvalue weighted by Crippen LogP contribution is 2.40. The number of rotatable bonds is 9. The van der Waals surface area contributed by atoms with Crippen LogP contribution >= 0.6 is 0 Å². The van der Waals surface area contributed by atoms with E-state index in [1.165, 1.54) is 32.3 Å². The Hall–Kier alpha value is -3.75. The minimum absolute atomic E-state index is 0.0321. The van der Waals surface area contributed by atoms with E-state index in [0.717, 1.165) is 0 Å². The maximum Gasteiger partial charge on any atom is 0.373 e. The number of esters is 2. The highest BCUT2D eigenvalue weighted by Gasteiger charge is 2.38. The van der Waals surface area contributed by atoms with Crippen LogP contribution in [0, 0.1) is 5.92 Å². The fourth-order valence-electron chi connectivity index (χ4n) is 3.93. The molecule has 0 aliphatic carbocycles. The van der Waals surface area contributed by atoms with Crippen molar-refractivity contribution in [2.24, 2.45) is 5.92 Å². The molecule has 0 spiro atoms. The van der Waals surface area contributed by atoms with Gasteiger partial charge in [-0.25, -0.2) is 9.59 Å². The van der Waals surface area contributed by atoms with Crippen molar-refractivity contribution in [3.05, 3.63) is 58.7 Å². The Kier molecular flexibility index (Phi) is 8.22. The van der Waals surface area contributed by atoms with Crippen LogP contribution in [0.15, 0.2) is 46.0 Å². The van der Waals surface area contributed by atoms with E-state index in [2.05, 4.69) is 4.74 Å². The van der Waals surface area contributed by atoms with Crippen LogP contribution in [0.4, 0.5) is 0 Å². The molecule has 0 fully saturated rings. The minimum atomic E-state index is -0.613. The molecule has 188 valence electrons. The van der Waals surface area contributed by atoms with E-state index >= 15 is 0 Å². The van der Waals surface area contributed by atoms with E-state index in [1.807, 2.05) is 13.8 Å². The van der Waals surface area contributed by atoms with Gasteiger partial charge < -0.3 is 28.3 Å². The number of benzene rings is 1. The molecule has 35 heavy (non-hydrogen) atoms. The zero-order valence-corrected chi connectivity index (χ0v) is 20.9. The quantitative estimate of drug-likeness (QED) is 0.490. The van der Waals surface area contributed by atoms with Crippen LogP contribution in [0.25, 0.3) is 0 Å². The van der Waals surface area contributed by atoms with Crippen LogP contribution in [0.3, 0.4) is 0 Å². The summed E-state index contributed by atoms with van der Waals surface area (Å²) in [5, 5.41) is 0. The number of allylic oxidation sites excluding steroid dienone is 1. The van der Waals surface area contributed by atoms with E-state index in [0.29, 0.717) is 34.1 Å². The molecule has 1 aliphatic rings. The molecule has 2 aromatic rings. The van der Waals surface area contributed by atoms with Crippen LogP contribution in [-0.2, 0) is 25.6 Å². The summed E-state index contributed by atoms with van der Waals surface area (Å²) in [7, 11) is 4.34. The molecule has 1 unspecified atom stereocenters. The van der Waals surface area contributed by atoms with Gasteiger partial charge in [-0.2, -0.15) is 0 Å². The first-order valence-corrected chi connectivity index (χ1v) is 11.3. The van der Waals surface area contributed by atoms with Crippen LogP contribution in [0.2, 0.25) is 0 Å². The molecule has 0 N–H and O–H groups in total. The first-order valence-electron chi connectivity index (χ1n) is 11.3. The second-order valence-corrected chi connectivity index (χ2v) is 8.63. The van der Waals surface area contributed by atoms with Gasteiger partial charge in [-0.05, 0) is 42.7 Å². The molecule has 0 saturated heterocycles. The van der Waals surface area contributed by atoms with Crippen molar-refractivity contribution in [3.63, 3.8) is 0 Å². The number of furan rings is 1. The second-order valence-electron chi connectivity index (χ2n) is 8.63. The molecular formula is C26H31NO8. The van der Waals surface area contributed by atoms with Crippen molar-refractivity contribution in [1.29, 1.82) is 0 Å². The van der Waals surface area contributed by atoms with Crippen molar-refractivity contribution < 1.29 is 37.7 Å². The molecule has 1 aromatic carbocycles. The highest BCUT2D eigenvalue weighted by atomic mass is 16.5. The Morgan fingerprint density at radius 1 is 1.06 bits per heavy atom. The van der Waals surface area contributed by atoms with Gasteiger partial charge in [-0.3, -0.25) is 4.79 Å². The smallest absolute Gasteiger partial charge is 0.373 e. The number of amides is 1. The molecule has 1 atom stereocenters. The molecule has 9 nitrogen and oxygen atoms in total. The van der Waals surface area contributed by atoms with Gasteiger partial charge in [-0.15, -0.1) is 0 Å². The van der Waals surface area contributed by atoms with Gasteiger partial charge in [0.25, 0.3) is 0 Å². The van der Waals surface area contributed by atoms with Crippen molar-refractivity contribution in [3.8, 4) is 11.5 Å². The summed E-state index contributed by atoms with van der Waals surface area (Å²) in [5.41, 5.74) is 1.54. The zero-order chi connectivity index (χ0) is 25.7. The Bertz CT molecular complexity index is 1110. The lowest BCUT2D eigenvalue weighted by Crippen LogP contribution is -2.38. The van der Waals surface area contributed by atoms with Crippen LogP contribution in [-0.4, -0.2) is 50.7 Å². The second kappa shape index (κ2) is 11.1. The molecule has 9 heteroatoms. The van der Waals surface area contributed by atoms with Crippen LogP contribution in [0.1, 0.15) is 55.0 Å². The van der Waals surface area contributed by atoms with E-state index in [9.17, 15) is 14.4 Å². The molecule has 0 saturated carbocycles. The van der Waals surface area contributed by atoms with Crippen LogP contribution < -0.4 is 9.47 Å². The summed E-state index contributed by atoms with van der Waals surface area (Å²) in [6.45, 7) is 5.91. The van der Waals surface area contributed by atoms with E-state index in [4.69, 9.17) is 18.6 Å². The largest absolute Gasteiger partial charge is 0.497 e. The number of nitrogens with zero attached hydrogens (tertiary/aromatic N) is 1. The summed E-state index contributed by atoms with van der Waals surface area (Å²) < 4.78 is 26.6. The average molecular weight is 486 g/mol. The monoisotopic (exact) mass is 485 g/mol. The Morgan fingerprint density at radius 3 is 2.29 bits per heavy atom. The molecule has 1 aliphatic heterocycles. The Balaban J connectivity index is 2.03. The minimum Gasteiger partial charge on any atom is -0.497 e. The number of ether oxygens (including phenoxy) is 4. The number of methoxy groups -OCH3 is 3. The van der Waals surface area contributed by atoms with Crippen molar-refractivity contribution >= 4 is 17.8 Å². The number of hydrogen-bond donors (Lipinski definition) is 0. The molecular weight excluding hydrogens is 454 g/mol. The van der Waals surface area contributed by atoms with Gasteiger partial charge in [0.1, 0.15) is 17.3 Å². The number of carbonyl (C=O) groups excluding carboxylic acids is 3. The molecule has 0 bridgehead atoms. The zero-order valence-electron chi connectivity index (χ0n) is 20.9. The normalized spacial score (nSPS) is 15.9. The van der Waals surface area contributed by atoms with Gasteiger partial charge >= 0.3 is 11.9 Å². The number of hydrogen-bond acceptors (Lipinski definition) is 8. The summed E-state index contributed by atoms with van der Waals surface area (Å²) in [5.74, 6) is -0.193. The molecule has 0 radical (unpaired) electrons. The lowest BCUT2D eigenvalue weighted by atomic mass is 9.83. The summed E-state index contributed by atoms with van der Waals surface area (Å²) in [6, 6.07) is 8.38. The fraction of sp³-hybridized carbons (Fsp3) is 0.423. The van der Waals surface area contributed by atoms with Gasteiger partial charge in [-0.1, -0.05) is 13.8 Å². The van der Waals surface area contributed by atoms with Gasteiger partial charge in [0.05, 0.1) is 40.1 Å². The van der Waals surface area contributed by atoms with Crippen molar-refractivity contribution in [2.75, 3.05) is 27.9 Å². The third-order valence-corrected chi connectivity index (χ3v) is 5.73. The molecule has 3 rings (SSSR count). The van der Waals surface area contributed by atoms with Crippen molar-refractivity contribution in [2.45, 2.75) is 39.7 Å². The molecule has 2 heterocycles. The first-order chi connectivity index (χ1) is 16.7. The average Bonchev–Trinajstić information content (AvgIpc) is 3.32. The summed E-state index contributed by atoms with van der Waals surface area (Å²) in [6.07, 6.45) is 0.0321. The Morgan fingerprint density at radius 2 is 1.71 bits per heavy atom. The standard InChI is InChI=1S/C26H31NO8/c1-15(2)14-34-26(30)24-16(3)27(13-18-7-8-22(35-18)25(29)33-6)23(28)12-21(24)17-9-19(31-4)11-20(10-17)32-5/h7-11,15,21H,12-14H2,1-6H3. The third-order valence-electron chi connectivity index (χ3n) is 5.73. The summed E-state index contributed by atoms with van der Waals surface area (Å²) >= 11 is 0. The maximum absolute atomic E-state index is 13.3. The predicted molar refractivity (Wildman–Crippen MR) is 126 cm³/mol. The van der Waals surface area contributed by atoms with Gasteiger partial charge in [0, 0.05) is 24.1 Å². The first kappa shape index (κ1) is 25.9. The van der Waals surface area contributed by atoms with E-state index in [-0.39, 0.29) is 37.2 Å². The van der Waals surface area contributed by atoms with Crippen LogP contribution in [0.5, 0.6) is 11.5 Å². The SMILES string of the molecule is COC(=O)c1ccc(CN2C(=O)CC(c3cc(OC)cc(OC)c3)C(C(=O)OCC(C)C)=C2C)o1. The van der Waals surface area contributed by atoms with E-state index in [1.54, 1.807) is 31.2 Å². The lowest BCUT2D eigenvalue weighted by Gasteiger charge is -2.34. The maximum atomic E-state index is 13.3. The van der Waals surface area contributed by atoms with Gasteiger partial charge in [0.2, 0.25) is 11.7 Å². The molecule has 1 aromatic heterocycles. The topological polar surface area (TPSA) is 105 Å². The third kappa shape index (κ3) is 5.85. The van der Waals surface area contributed by atoms with Crippen molar-refractivity contribution in [1.82, 2.24) is 4.90 Å².